The molecular formula is C22H23NO2. The summed E-state index contributed by atoms with van der Waals surface area (Å²) < 4.78 is 2.41. The van der Waals surface area contributed by atoms with Crippen LogP contribution in [-0.2, 0) is 24.2 Å². The number of aliphatic carboxylic acids is 1. The summed E-state index contributed by atoms with van der Waals surface area (Å²) >= 11 is 0. The number of carbonyl (C=O) groups is 1. The Morgan fingerprint density at radius 1 is 1.16 bits per heavy atom. The molecule has 0 saturated heterocycles. The topological polar surface area (TPSA) is 42.2 Å². The molecule has 2 aromatic carbocycles. The molecule has 0 amide bonds. The van der Waals surface area contributed by atoms with Crippen LogP contribution in [0.15, 0.2) is 42.5 Å². The van der Waals surface area contributed by atoms with Crippen molar-refractivity contribution in [1.29, 1.82) is 0 Å². The number of fused-ring (bicyclic) bond motifs is 3. The molecule has 4 rings (SSSR count). The molecule has 3 heteroatoms. The fourth-order valence-electron chi connectivity index (χ4n) is 4.06. The standard InChI is InChI=1S/C22H23NO2/c1-14-10-18-19-12-17(22(24)25)8-9-20(19)23(21(18)11-15(14)2)13-16-6-4-3-5-7-16/h3-7,10-11,17H,8-9,12-13H2,1-2H3,(H,24,25). The van der Waals surface area contributed by atoms with Crippen molar-refractivity contribution in [1.82, 2.24) is 4.57 Å². The zero-order chi connectivity index (χ0) is 17.6. The predicted molar refractivity (Wildman–Crippen MR) is 100 cm³/mol. The molecule has 0 fully saturated rings. The Morgan fingerprint density at radius 3 is 2.60 bits per heavy atom. The van der Waals surface area contributed by atoms with Gasteiger partial charge in [0.1, 0.15) is 0 Å². The normalized spacial score (nSPS) is 16.8. The second-order valence-corrected chi connectivity index (χ2v) is 7.23. The molecule has 128 valence electrons. The van der Waals surface area contributed by atoms with E-state index in [1.165, 1.54) is 38.9 Å². The van der Waals surface area contributed by atoms with Crippen LogP contribution in [0.4, 0.5) is 0 Å². The van der Waals surface area contributed by atoms with E-state index in [1.807, 2.05) is 6.07 Å². The molecule has 1 heterocycles. The van der Waals surface area contributed by atoms with E-state index in [0.29, 0.717) is 6.42 Å². The summed E-state index contributed by atoms with van der Waals surface area (Å²) in [6.07, 6.45) is 2.21. The van der Waals surface area contributed by atoms with Crippen LogP contribution in [0.3, 0.4) is 0 Å². The van der Waals surface area contributed by atoms with Gasteiger partial charge < -0.3 is 9.67 Å². The van der Waals surface area contributed by atoms with E-state index in [0.717, 1.165) is 19.4 Å². The van der Waals surface area contributed by atoms with Gasteiger partial charge in [0.2, 0.25) is 0 Å². The van der Waals surface area contributed by atoms with Gasteiger partial charge in [-0.15, -0.1) is 0 Å². The molecule has 1 aliphatic carbocycles. The second-order valence-electron chi connectivity index (χ2n) is 7.23. The lowest BCUT2D eigenvalue weighted by Gasteiger charge is -2.21. The van der Waals surface area contributed by atoms with E-state index >= 15 is 0 Å². The highest BCUT2D eigenvalue weighted by atomic mass is 16.4. The van der Waals surface area contributed by atoms with E-state index < -0.39 is 5.97 Å². The van der Waals surface area contributed by atoms with Crippen LogP contribution in [0, 0.1) is 19.8 Å². The van der Waals surface area contributed by atoms with Crippen molar-refractivity contribution in [3.05, 3.63) is 70.4 Å². The van der Waals surface area contributed by atoms with Crippen LogP contribution in [0.2, 0.25) is 0 Å². The Labute approximate surface area is 147 Å². The van der Waals surface area contributed by atoms with Gasteiger partial charge in [-0.1, -0.05) is 30.3 Å². The van der Waals surface area contributed by atoms with E-state index in [1.54, 1.807) is 0 Å². The summed E-state index contributed by atoms with van der Waals surface area (Å²) in [4.78, 5) is 11.5. The second kappa shape index (κ2) is 6.07. The number of aromatic nitrogens is 1. The van der Waals surface area contributed by atoms with Crippen LogP contribution in [0.5, 0.6) is 0 Å². The smallest absolute Gasteiger partial charge is 0.306 e. The minimum Gasteiger partial charge on any atom is -0.481 e. The summed E-state index contributed by atoms with van der Waals surface area (Å²) in [5.74, 6) is -0.927. The maximum absolute atomic E-state index is 11.5. The third-order valence-electron chi connectivity index (χ3n) is 5.61. The van der Waals surface area contributed by atoms with Gasteiger partial charge in [-0.05, 0) is 67.5 Å². The third kappa shape index (κ3) is 2.74. The number of carboxylic acid groups (broad SMARTS) is 1. The average molecular weight is 333 g/mol. The molecule has 25 heavy (non-hydrogen) atoms. The summed E-state index contributed by atoms with van der Waals surface area (Å²) in [5, 5.41) is 10.7. The predicted octanol–water partition coefficient (Wildman–Crippen LogP) is 4.50. The molecule has 1 aromatic heterocycles. The van der Waals surface area contributed by atoms with Crippen molar-refractivity contribution in [3.8, 4) is 0 Å². The Morgan fingerprint density at radius 2 is 1.88 bits per heavy atom. The first-order valence-electron chi connectivity index (χ1n) is 8.92. The number of benzene rings is 2. The average Bonchev–Trinajstić information content (AvgIpc) is 2.89. The lowest BCUT2D eigenvalue weighted by atomic mass is 9.86. The number of rotatable bonds is 3. The monoisotopic (exact) mass is 333 g/mol. The summed E-state index contributed by atoms with van der Waals surface area (Å²) in [6.45, 7) is 5.12. The minimum absolute atomic E-state index is 0.259. The van der Waals surface area contributed by atoms with Crippen LogP contribution in [-0.4, -0.2) is 15.6 Å². The first-order chi connectivity index (χ1) is 12.0. The number of hydrogen-bond acceptors (Lipinski definition) is 1. The third-order valence-corrected chi connectivity index (χ3v) is 5.61. The van der Waals surface area contributed by atoms with Gasteiger partial charge in [-0.3, -0.25) is 4.79 Å². The molecular weight excluding hydrogens is 310 g/mol. The Hall–Kier alpha value is -2.55. The van der Waals surface area contributed by atoms with Crippen molar-refractivity contribution < 1.29 is 9.90 Å². The van der Waals surface area contributed by atoms with E-state index in [2.05, 4.69) is 54.8 Å². The molecule has 0 bridgehead atoms. The van der Waals surface area contributed by atoms with Crippen LogP contribution in [0.1, 0.15) is 34.4 Å². The summed E-state index contributed by atoms with van der Waals surface area (Å²) in [5.41, 5.74) is 7.63. The lowest BCUT2D eigenvalue weighted by Crippen LogP contribution is -2.23. The van der Waals surface area contributed by atoms with Gasteiger partial charge in [0.15, 0.2) is 0 Å². The molecule has 1 unspecified atom stereocenters. The first kappa shape index (κ1) is 15.9. The molecule has 0 spiro atoms. The van der Waals surface area contributed by atoms with Crippen molar-refractivity contribution >= 4 is 16.9 Å². The maximum Gasteiger partial charge on any atom is 0.306 e. The van der Waals surface area contributed by atoms with Gasteiger partial charge in [-0.2, -0.15) is 0 Å². The summed E-state index contributed by atoms with van der Waals surface area (Å²) in [7, 11) is 0. The highest BCUT2D eigenvalue weighted by Gasteiger charge is 2.29. The number of aryl methyl sites for hydroxylation is 2. The quantitative estimate of drug-likeness (QED) is 0.767. The van der Waals surface area contributed by atoms with Crippen molar-refractivity contribution in [3.63, 3.8) is 0 Å². The van der Waals surface area contributed by atoms with Gasteiger partial charge in [0.25, 0.3) is 0 Å². The zero-order valence-corrected chi connectivity index (χ0v) is 14.7. The van der Waals surface area contributed by atoms with Crippen LogP contribution < -0.4 is 0 Å². The van der Waals surface area contributed by atoms with Crippen molar-refractivity contribution in [2.24, 2.45) is 5.92 Å². The minimum atomic E-state index is -0.668. The molecule has 0 aliphatic heterocycles. The van der Waals surface area contributed by atoms with Gasteiger partial charge in [-0.25, -0.2) is 0 Å². The van der Waals surface area contributed by atoms with Gasteiger partial charge in [0.05, 0.1) is 5.92 Å². The number of hydrogen-bond donors (Lipinski definition) is 1. The highest BCUT2D eigenvalue weighted by Crippen LogP contribution is 2.36. The first-order valence-corrected chi connectivity index (χ1v) is 8.92. The fraction of sp³-hybridized carbons (Fsp3) is 0.318. The molecule has 1 N–H and O–H groups in total. The molecule has 3 nitrogen and oxygen atoms in total. The van der Waals surface area contributed by atoms with E-state index in [4.69, 9.17) is 0 Å². The molecule has 1 aliphatic rings. The number of carboxylic acids is 1. The summed E-state index contributed by atoms with van der Waals surface area (Å²) in [6, 6.07) is 15.0. The Balaban J connectivity index is 1.90. The Kier molecular flexibility index (Phi) is 3.87. The maximum atomic E-state index is 11.5. The largest absolute Gasteiger partial charge is 0.481 e. The van der Waals surface area contributed by atoms with E-state index in [-0.39, 0.29) is 5.92 Å². The highest BCUT2D eigenvalue weighted by molar-refractivity contribution is 5.88. The fourth-order valence-corrected chi connectivity index (χ4v) is 4.06. The molecule has 1 atom stereocenters. The zero-order valence-electron chi connectivity index (χ0n) is 14.7. The van der Waals surface area contributed by atoms with Crippen molar-refractivity contribution in [2.45, 2.75) is 39.7 Å². The van der Waals surface area contributed by atoms with Crippen LogP contribution >= 0.6 is 0 Å². The lowest BCUT2D eigenvalue weighted by molar-refractivity contribution is -0.142. The number of nitrogens with zero attached hydrogens (tertiary/aromatic N) is 1. The van der Waals surface area contributed by atoms with Crippen LogP contribution in [0.25, 0.3) is 10.9 Å². The Bertz CT molecular complexity index is 953. The van der Waals surface area contributed by atoms with E-state index in [9.17, 15) is 9.90 Å². The molecule has 3 aromatic rings. The van der Waals surface area contributed by atoms with Gasteiger partial charge >= 0.3 is 5.97 Å². The van der Waals surface area contributed by atoms with Gasteiger partial charge in [0, 0.05) is 23.1 Å². The van der Waals surface area contributed by atoms with Crippen molar-refractivity contribution in [2.75, 3.05) is 0 Å². The molecule has 0 saturated carbocycles. The molecule has 0 radical (unpaired) electrons. The SMILES string of the molecule is Cc1cc2c3c(n(Cc4ccccc4)c2cc1C)CCC(C(=O)O)C3.